The second kappa shape index (κ2) is 6.27. The first-order valence-corrected chi connectivity index (χ1v) is 7.50. The standard InChI is InChI=1S/C16H20N4O2/c1-12-11-20(8-3-9-22-12)16-18-14(10-15(21)19(16)2)13-4-6-17-7-5-13/h4-7,10,12H,3,8-9,11H2,1-2H3. The summed E-state index contributed by atoms with van der Waals surface area (Å²) in [5, 5.41) is 0. The van der Waals surface area contributed by atoms with Crippen molar-refractivity contribution >= 4 is 5.95 Å². The number of ether oxygens (including phenoxy) is 1. The molecule has 22 heavy (non-hydrogen) atoms. The van der Waals surface area contributed by atoms with Gasteiger partial charge in [0.1, 0.15) is 0 Å². The van der Waals surface area contributed by atoms with Gasteiger partial charge in [-0.15, -0.1) is 0 Å². The molecule has 1 fully saturated rings. The fourth-order valence-corrected chi connectivity index (χ4v) is 2.66. The fourth-order valence-electron chi connectivity index (χ4n) is 2.66. The quantitative estimate of drug-likeness (QED) is 0.840. The summed E-state index contributed by atoms with van der Waals surface area (Å²) in [5.41, 5.74) is 1.51. The zero-order chi connectivity index (χ0) is 15.5. The maximum Gasteiger partial charge on any atom is 0.255 e. The highest BCUT2D eigenvalue weighted by molar-refractivity contribution is 5.59. The normalized spacial score (nSPS) is 19.0. The maximum absolute atomic E-state index is 12.3. The average Bonchev–Trinajstić information content (AvgIpc) is 2.75. The smallest absolute Gasteiger partial charge is 0.255 e. The van der Waals surface area contributed by atoms with Crippen molar-refractivity contribution in [3.8, 4) is 11.3 Å². The van der Waals surface area contributed by atoms with Crippen LogP contribution in [-0.4, -0.2) is 40.3 Å². The van der Waals surface area contributed by atoms with Gasteiger partial charge in [-0.05, 0) is 25.5 Å². The number of nitrogens with zero attached hydrogens (tertiary/aromatic N) is 4. The second-order valence-electron chi connectivity index (χ2n) is 5.56. The summed E-state index contributed by atoms with van der Waals surface area (Å²) in [7, 11) is 1.76. The molecule has 1 unspecified atom stereocenters. The van der Waals surface area contributed by atoms with Gasteiger partial charge in [0.2, 0.25) is 5.95 Å². The van der Waals surface area contributed by atoms with Crippen molar-refractivity contribution in [1.29, 1.82) is 0 Å². The van der Waals surface area contributed by atoms with Gasteiger partial charge < -0.3 is 9.64 Å². The van der Waals surface area contributed by atoms with E-state index >= 15 is 0 Å². The third-order valence-electron chi connectivity index (χ3n) is 3.82. The molecule has 1 aliphatic heterocycles. The molecule has 6 heteroatoms. The van der Waals surface area contributed by atoms with Crippen molar-refractivity contribution in [3.05, 3.63) is 40.9 Å². The van der Waals surface area contributed by atoms with E-state index in [9.17, 15) is 4.79 Å². The van der Waals surface area contributed by atoms with Gasteiger partial charge in [0.05, 0.1) is 11.8 Å². The van der Waals surface area contributed by atoms with E-state index in [0.29, 0.717) is 11.6 Å². The van der Waals surface area contributed by atoms with Crippen molar-refractivity contribution < 1.29 is 4.74 Å². The molecule has 3 rings (SSSR count). The van der Waals surface area contributed by atoms with E-state index < -0.39 is 0 Å². The van der Waals surface area contributed by atoms with Gasteiger partial charge in [0.25, 0.3) is 5.56 Å². The molecule has 116 valence electrons. The highest BCUT2D eigenvalue weighted by Crippen LogP contribution is 2.19. The minimum absolute atomic E-state index is 0.0605. The van der Waals surface area contributed by atoms with E-state index in [0.717, 1.165) is 31.7 Å². The van der Waals surface area contributed by atoms with Crippen LogP contribution in [-0.2, 0) is 11.8 Å². The molecule has 0 radical (unpaired) electrons. The minimum Gasteiger partial charge on any atom is -0.377 e. The van der Waals surface area contributed by atoms with Gasteiger partial charge >= 0.3 is 0 Å². The third kappa shape index (κ3) is 3.01. The summed E-state index contributed by atoms with van der Waals surface area (Å²) in [5.74, 6) is 0.691. The Morgan fingerprint density at radius 3 is 2.86 bits per heavy atom. The van der Waals surface area contributed by atoms with Crippen molar-refractivity contribution in [2.75, 3.05) is 24.6 Å². The van der Waals surface area contributed by atoms with Crippen molar-refractivity contribution in [1.82, 2.24) is 14.5 Å². The molecule has 0 saturated carbocycles. The van der Waals surface area contributed by atoms with Crippen LogP contribution in [0.15, 0.2) is 35.4 Å². The molecule has 0 amide bonds. The number of pyridine rings is 1. The van der Waals surface area contributed by atoms with E-state index in [4.69, 9.17) is 9.72 Å². The highest BCUT2D eigenvalue weighted by atomic mass is 16.5. The largest absolute Gasteiger partial charge is 0.377 e. The molecule has 1 saturated heterocycles. The van der Waals surface area contributed by atoms with E-state index in [1.165, 1.54) is 0 Å². The maximum atomic E-state index is 12.3. The molecule has 0 aliphatic carbocycles. The minimum atomic E-state index is -0.0605. The second-order valence-corrected chi connectivity index (χ2v) is 5.56. The Bertz CT molecular complexity index is 699. The van der Waals surface area contributed by atoms with Crippen LogP contribution in [0.1, 0.15) is 13.3 Å². The third-order valence-corrected chi connectivity index (χ3v) is 3.82. The highest BCUT2D eigenvalue weighted by Gasteiger charge is 2.19. The summed E-state index contributed by atoms with van der Waals surface area (Å²) in [6, 6.07) is 5.29. The van der Waals surface area contributed by atoms with Crippen LogP contribution in [0.5, 0.6) is 0 Å². The van der Waals surface area contributed by atoms with E-state index in [-0.39, 0.29) is 11.7 Å². The number of anilines is 1. The predicted octanol–water partition coefficient (Wildman–Crippen LogP) is 1.46. The Morgan fingerprint density at radius 2 is 2.09 bits per heavy atom. The lowest BCUT2D eigenvalue weighted by atomic mass is 10.2. The zero-order valence-electron chi connectivity index (χ0n) is 12.9. The summed E-state index contributed by atoms with van der Waals surface area (Å²) >= 11 is 0. The summed E-state index contributed by atoms with van der Waals surface area (Å²) in [6.45, 7) is 4.36. The Balaban J connectivity index is 2.03. The van der Waals surface area contributed by atoms with Crippen LogP contribution in [0.2, 0.25) is 0 Å². The predicted molar refractivity (Wildman–Crippen MR) is 85.0 cm³/mol. The first-order valence-electron chi connectivity index (χ1n) is 7.50. The van der Waals surface area contributed by atoms with Crippen LogP contribution >= 0.6 is 0 Å². The first-order chi connectivity index (χ1) is 10.6. The van der Waals surface area contributed by atoms with Gasteiger partial charge in [0.15, 0.2) is 0 Å². The van der Waals surface area contributed by atoms with Crippen molar-refractivity contribution in [2.24, 2.45) is 7.05 Å². The average molecular weight is 300 g/mol. The molecule has 0 bridgehead atoms. The number of aromatic nitrogens is 3. The summed E-state index contributed by atoms with van der Waals surface area (Å²) < 4.78 is 7.27. The molecule has 1 atom stereocenters. The Labute approximate surface area is 129 Å². The lowest BCUT2D eigenvalue weighted by molar-refractivity contribution is 0.0819. The lowest BCUT2D eigenvalue weighted by Gasteiger charge is -2.25. The van der Waals surface area contributed by atoms with Gasteiger partial charge in [-0.3, -0.25) is 14.3 Å². The zero-order valence-corrected chi connectivity index (χ0v) is 12.9. The van der Waals surface area contributed by atoms with Gasteiger partial charge in [-0.1, -0.05) is 0 Å². The molecular formula is C16H20N4O2. The summed E-state index contributed by atoms with van der Waals surface area (Å²) in [6.07, 6.45) is 4.47. The first kappa shape index (κ1) is 14.7. The van der Waals surface area contributed by atoms with Crippen LogP contribution < -0.4 is 10.5 Å². The molecule has 0 spiro atoms. The molecule has 2 aromatic rings. The van der Waals surface area contributed by atoms with Crippen LogP contribution in [0.25, 0.3) is 11.3 Å². The Morgan fingerprint density at radius 1 is 1.32 bits per heavy atom. The van der Waals surface area contributed by atoms with Crippen molar-refractivity contribution in [2.45, 2.75) is 19.4 Å². The molecule has 2 aromatic heterocycles. The van der Waals surface area contributed by atoms with Crippen molar-refractivity contribution in [3.63, 3.8) is 0 Å². The number of rotatable bonds is 2. The van der Waals surface area contributed by atoms with Crippen LogP contribution in [0.4, 0.5) is 5.95 Å². The number of hydrogen-bond acceptors (Lipinski definition) is 5. The lowest BCUT2D eigenvalue weighted by Crippen LogP contribution is -2.35. The summed E-state index contributed by atoms with van der Waals surface area (Å²) in [4.78, 5) is 23.1. The van der Waals surface area contributed by atoms with Gasteiger partial charge in [0, 0.05) is 50.8 Å². The topological polar surface area (TPSA) is 60.2 Å². The molecule has 3 heterocycles. The van der Waals surface area contributed by atoms with E-state index in [1.54, 1.807) is 30.1 Å². The van der Waals surface area contributed by atoms with Gasteiger partial charge in [-0.25, -0.2) is 4.98 Å². The molecule has 0 aromatic carbocycles. The van der Waals surface area contributed by atoms with E-state index in [1.807, 2.05) is 19.1 Å². The molecule has 6 nitrogen and oxygen atoms in total. The Kier molecular flexibility index (Phi) is 4.20. The van der Waals surface area contributed by atoms with E-state index in [2.05, 4.69) is 9.88 Å². The number of hydrogen-bond donors (Lipinski definition) is 0. The SMILES string of the molecule is CC1CN(c2nc(-c3ccncc3)cc(=O)n2C)CCCO1. The van der Waals surface area contributed by atoms with Crippen LogP contribution in [0, 0.1) is 0 Å². The van der Waals surface area contributed by atoms with Crippen LogP contribution in [0.3, 0.4) is 0 Å². The fraction of sp³-hybridized carbons (Fsp3) is 0.438. The monoisotopic (exact) mass is 300 g/mol. The molecule has 1 aliphatic rings. The van der Waals surface area contributed by atoms with Gasteiger partial charge in [-0.2, -0.15) is 0 Å². The molecule has 0 N–H and O–H groups in total. The molecular weight excluding hydrogens is 280 g/mol. The Hall–Kier alpha value is -2.21.